The van der Waals surface area contributed by atoms with Crippen LogP contribution < -0.4 is 4.74 Å². The third-order valence-electron chi connectivity index (χ3n) is 3.71. The average Bonchev–Trinajstić information content (AvgIpc) is 2.92. The van der Waals surface area contributed by atoms with Gasteiger partial charge in [-0.05, 0) is 30.7 Å². The quantitative estimate of drug-likeness (QED) is 0.619. The minimum atomic E-state index is 0.128. The van der Waals surface area contributed by atoms with Crippen LogP contribution in [0, 0.1) is 0 Å². The van der Waals surface area contributed by atoms with E-state index >= 15 is 0 Å². The van der Waals surface area contributed by atoms with E-state index in [-0.39, 0.29) is 6.61 Å². The highest BCUT2D eigenvalue weighted by atomic mass is 16.5. The van der Waals surface area contributed by atoms with Crippen LogP contribution in [0.25, 0.3) is 22.6 Å². The van der Waals surface area contributed by atoms with E-state index in [2.05, 4.69) is 4.98 Å². The summed E-state index contributed by atoms with van der Waals surface area (Å²) in [6, 6.07) is 15.6. The van der Waals surface area contributed by atoms with Gasteiger partial charge in [0.2, 0.25) is 0 Å². The Balaban J connectivity index is 1.94. The van der Waals surface area contributed by atoms with E-state index in [1.54, 1.807) is 0 Å². The van der Waals surface area contributed by atoms with Crippen molar-refractivity contribution in [1.29, 1.82) is 0 Å². The Hall–Kier alpha value is -2.59. The molecule has 0 atom stereocenters. The predicted molar refractivity (Wildman–Crippen MR) is 82.9 cm³/mol. The maximum Gasteiger partial charge on any atom is 0.195 e. The molecule has 4 nitrogen and oxygen atoms in total. The number of aliphatic hydroxyl groups excluding tert-OH is 1. The van der Waals surface area contributed by atoms with Gasteiger partial charge in [-0.25, -0.2) is 4.98 Å². The summed E-state index contributed by atoms with van der Waals surface area (Å²) >= 11 is 0. The van der Waals surface area contributed by atoms with E-state index in [0.717, 1.165) is 34.1 Å². The Labute approximate surface area is 128 Å². The van der Waals surface area contributed by atoms with Gasteiger partial charge in [0.05, 0.1) is 5.56 Å². The van der Waals surface area contributed by atoms with Crippen molar-refractivity contribution in [2.75, 3.05) is 6.61 Å². The normalized spacial score (nSPS) is 11.9. The highest BCUT2D eigenvalue weighted by Gasteiger charge is 2.25. The van der Waals surface area contributed by atoms with Crippen LogP contribution in [0.15, 0.2) is 52.9 Å². The number of nitrogens with zero attached hydrogens (tertiary/aromatic N) is 1. The molecule has 2 aromatic carbocycles. The first-order chi connectivity index (χ1) is 10.9. The first-order valence-corrected chi connectivity index (χ1v) is 7.34. The average molecular weight is 293 g/mol. The van der Waals surface area contributed by atoms with E-state index in [4.69, 9.17) is 14.3 Å². The maximum atomic E-state index is 9.00. The van der Waals surface area contributed by atoms with Gasteiger partial charge in [0.25, 0.3) is 0 Å². The zero-order chi connectivity index (χ0) is 14.9. The number of para-hydroxylation sites is 2. The van der Waals surface area contributed by atoms with Crippen LogP contribution in [-0.2, 0) is 6.42 Å². The van der Waals surface area contributed by atoms with Crippen molar-refractivity contribution in [2.45, 2.75) is 12.8 Å². The summed E-state index contributed by atoms with van der Waals surface area (Å²) in [6.07, 6.45) is 1.26. The first kappa shape index (κ1) is 13.1. The standard InChI is InChI=1S/C18H15NO3/c20-11-5-10-16-19-17-12-6-1-3-8-14(12)21-15-9-4-2-7-13(15)18(17)22-16/h1-4,6-9,20H,5,10-11H2. The van der Waals surface area contributed by atoms with Crippen LogP contribution in [0.3, 0.4) is 0 Å². The van der Waals surface area contributed by atoms with Crippen molar-refractivity contribution < 1.29 is 14.3 Å². The minimum Gasteiger partial charge on any atom is -0.456 e. The summed E-state index contributed by atoms with van der Waals surface area (Å²) < 4.78 is 12.0. The molecule has 0 saturated heterocycles. The van der Waals surface area contributed by atoms with Gasteiger partial charge < -0.3 is 14.3 Å². The van der Waals surface area contributed by atoms with Gasteiger partial charge in [0.15, 0.2) is 11.7 Å². The number of aryl methyl sites for hydroxylation is 1. The molecule has 0 bridgehead atoms. The second kappa shape index (κ2) is 5.31. The van der Waals surface area contributed by atoms with E-state index in [1.165, 1.54) is 0 Å². The van der Waals surface area contributed by atoms with Gasteiger partial charge in [-0.2, -0.15) is 0 Å². The molecule has 0 saturated carbocycles. The lowest BCUT2D eigenvalue weighted by Crippen LogP contribution is -1.90. The summed E-state index contributed by atoms with van der Waals surface area (Å²) in [5.74, 6) is 2.91. The van der Waals surface area contributed by atoms with Crippen molar-refractivity contribution in [3.8, 4) is 34.1 Å². The van der Waals surface area contributed by atoms with Crippen molar-refractivity contribution in [2.24, 2.45) is 0 Å². The van der Waals surface area contributed by atoms with Crippen molar-refractivity contribution in [3.05, 3.63) is 54.4 Å². The van der Waals surface area contributed by atoms with Crippen LogP contribution in [-0.4, -0.2) is 16.7 Å². The van der Waals surface area contributed by atoms with Gasteiger partial charge in [-0.15, -0.1) is 0 Å². The fourth-order valence-electron chi connectivity index (χ4n) is 2.68. The molecule has 1 aliphatic heterocycles. The molecule has 4 heteroatoms. The second-order valence-electron chi connectivity index (χ2n) is 5.21. The van der Waals surface area contributed by atoms with Crippen LogP contribution in [0.4, 0.5) is 0 Å². The van der Waals surface area contributed by atoms with E-state index in [0.29, 0.717) is 18.7 Å². The molecule has 110 valence electrons. The molecule has 0 aliphatic carbocycles. The zero-order valence-electron chi connectivity index (χ0n) is 12.0. The predicted octanol–water partition coefficient (Wildman–Crippen LogP) is 4.04. The lowest BCUT2D eigenvalue weighted by Gasteiger charge is -2.07. The summed E-state index contributed by atoms with van der Waals surface area (Å²) in [4.78, 5) is 4.63. The highest BCUT2D eigenvalue weighted by molar-refractivity contribution is 5.85. The number of aromatic nitrogens is 1. The molecule has 1 N–H and O–H groups in total. The largest absolute Gasteiger partial charge is 0.456 e. The first-order valence-electron chi connectivity index (χ1n) is 7.34. The van der Waals surface area contributed by atoms with Crippen LogP contribution >= 0.6 is 0 Å². The third-order valence-corrected chi connectivity index (χ3v) is 3.71. The number of hydrogen-bond donors (Lipinski definition) is 1. The Kier molecular flexibility index (Phi) is 3.16. The monoisotopic (exact) mass is 293 g/mol. The molecule has 0 amide bonds. The SMILES string of the molecule is OCCCc1nc2c(o1)-c1ccccc1Oc1ccccc1-2. The molecule has 22 heavy (non-hydrogen) atoms. The number of hydrogen-bond acceptors (Lipinski definition) is 4. The van der Waals surface area contributed by atoms with E-state index < -0.39 is 0 Å². The van der Waals surface area contributed by atoms with Crippen LogP contribution in [0.1, 0.15) is 12.3 Å². The fourth-order valence-corrected chi connectivity index (χ4v) is 2.68. The smallest absolute Gasteiger partial charge is 0.195 e. The molecule has 3 aromatic rings. The fraction of sp³-hybridized carbons (Fsp3) is 0.167. The van der Waals surface area contributed by atoms with Crippen LogP contribution in [0.5, 0.6) is 11.5 Å². The molecule has 0 unspecified atom stereocenters. The molecule has 4 rings (SSSR count). The molecule has 1 aliphatic rings. The number of rotatable bonds is 3. The summed E-state index contributed by atoms with van der Waals surface area (Å²) in [6.45, 7) is 0.128. The highest BCUT2D eigenvalue weighted by Crippen LogP contribution is 2.46. The molecular weight excluding hydrogens is 278 g/mol. The Morgan fingerprint density at radius 2 is 1.59 bits per heavy atom. The maximum absolute atomic E-state index is 9.00. The molecule has 0 spiro atoms. The summed E-state index contributed by atoms with van der Waals surface area (Å²) in [7, 11) is 0. The van der Waals surface area contributed by atoms with Gasteiger partial charge >= 0.3 is 0 Å². The second-order valence-corrected chi connectivity index (χ2v) is 5.21. The number of aliphatic hydroxyl groups is 1. The van der Waals surface area contributed by atoms with E-state index in [1.807, 2.05) is 48.5 Å². The number of ether oxygens (including phenoxy) is 1. The van der Waals surface area contributed by atoms with E-state index in [9.17, 15) is 0 Å². The Bertz CT molecular complexity index is 760. The van der Waals surface area contributed by atoms with Crippen molar-refractivity contribution >= 4 is 0 Å². The molecule has 1 aromatic heterocycles. The third kappa shape index (κ3) is 2.09. The number of oxazole rings is 1. The summed E-state index contributed by atoms with van der Waals surface area (Å²) in [5, 5.41) is 9.00. The lowest BCUT2D eigenvalue weighted by atomic mass is 10.1. The molecular formula is C18H15NO3. The Morgan fingerprint density at radius 3 is 2.36 bits per heavy atom. The minimum absolute atomic E-state index is 0.128. The van der Waals surface area contributed by atoms with Crippen molar-refractivity contribution in [3.63, 3.8) is 0 Å². The molecule has 0 radical (unpaired) electrons. The van der Waals surface area contributed by atoms with Gasteiger partial charge in [0, 0.05) is 18.6 Å². The number of benzene rings is 2. The van der Waals surface area contributed by atoms with Gasteiger partial charge in [0.1, 0.15) is 17.2 Å². The van der Waals surface area contributed by atoms with Gasteiger partial charge in [-0.3, -0.25) is 0 Å². The summed E-state index contributed by atoms with van der Waals surface area (Å²) in [5.41, 5.74) is 2.62. The topological polar surface area (TPSA) is 55.5 Å². The van der Waals surface area contributed by atoms with Gasteiger partial charge in [-0.1, -0.05) is 24.3 Å². The lowest BCUT2D eigenvalue weighted by molar-refractivity contribution is 0.283. The number of fused-ring (bicyclic) bond motifs is 5. The zero-order valence-corrected chi connectivity index (χ0v) is 12.0. The van der Waals surface area contributed by atoms with Crippen molar-refractivity contribution in [1.82, 2.24) is 4.98 Å². The van der Waals surface area contributed by atoms with Crippen LogP contribution in [0.2, 0.25) is 0 Å². The Morgan fingerprint density at radius 1 is 0.909 bits per heavy atom. The molecule has 2 heterocycles. The molecule has 0 fully saturated rings.